The molecule has 0 aliphatic carbocycles. The van der Waals surface area contributed by atoms with Crippen LogP contribution in [0.25, 0.3) is 5.65 Å². The third-order valence-corrected chi connectivity index (χ3v) is 9.32. The Kier molecular flexibility index (Phi) is 8.38. The van der Waals surface area contributed by atoms with Gasteiger partial charge in [-0.1, -0.05) is 47.1 Å². The first-order valence-electron chi connectivity index (χ1n) is 11.4. The van der Waals surface area contributed by atoms with Crippen LogP contribution in [-0.2, 0) is 21.4 Å². The van der Waals surface area contributed by atoms with Crippen LogP contribution in [0.15, 0.2) is 64.2 Å². The highest BCUT2D eigenvalue weighted by Crippen LogP contribution is 2.40. The molecule has 2 amide bonds. The monoisotopic (exact) mass is 624 g/mol. The van der Waals surface area contributed by atoms with E-state index in [-0.39, 0.29) is 27.7 Å². The summed E-state index contributed by atoms with van der Waals surface area (Å²) in [6.07, 6.45) is 6.97. The van der Waals surface area contributed by atoms with Crippen LogP contribution in [-0.4, -0.2) is 76.0 Å². The first-order valence-corrected chi connectivity index (χ1v) is 15.1. The lowest BCUT2D eigenvalue weighted by Crippen LogP contribution is -2.70. The van der Waals surface area contributed by atoms with Crippen LogP contribution in [0.3, 0.4) is 0 Å². The number of carboxylic acids is 1. The number of aliphatic carboxylic acids is 1. The molecule has 2 atom stereocenters. The Hall–Kier alpha value is -2.78. The molecule has 39 heavy (non-hydrogen) atoms. The van der Waals surface area contributed by atoms with E-state index >= 15 is 0 Å². The summed E-state index contributed by atoms with van der Waals surface area (Å²) in [7, 11) is 1.89. The van der Waals surface area contributed by atoms with E-state index in [0.29, 0.717) is 27.1 Å². The Balaban J connectivity index is 1.20. The Labute approximate surface area is 245 Å². The highest BCUT2D eigenvalue weighted by Gasteiger charge is 2.53. The van der Waals surface area contributed by atoms with Gasteiger partial charge in [-0.05, 0) is 22.2 Å². The second-order valence-electron chi connectivity index (χ2n) is 8.32. The molecule has 0 saturated carbocycles. The number of nitrogens with one attached hydrogen (secondary N) is 1. The Morgan fingerprint density at radius 1 is 1.31 bits per heavy atom. The predicted octanol–water partition coefficient (Wildman–Crippen LogP) is 2.43. The molecule has 3 aromatic rings. The van der Waals surface area contributed by atoms with Gasteiger partial charge in [0.1, 0.15) is 27.4 Å². The van der Waals surface area contributed by atoms with E-state index < -0.39 is 23.3 Å². The van der Waals surface area contributed by atoms with Crippen molar-refractivity contribution in [2.24, 2.45) is 7.05 Å². The fourth-order valence-electron chi connectivity index (χ4n) is 4.03. The second kappa shape index (κ2) is 11.8. The summed E-state index contributed by atoms with van der Waals surface area (Å²) in [6, 6.07) is 4.23. The molecule has 2 aliphatic rings. The zero-order valence-electron chi connectivity index (χ0n) is 20.2. The lowest BCUT2D eigenvalue weighted by molar-refractivity contribution is -0.646. The number of carboxylic acid groups (broad SMARTS) is 1. The van der Waals surface area contributed by atoms with Gasteiger partial charge in [-0.3, -0.25) is 14.5 Å². The minimum atomic E-state index is -1.19. The highest BCUT2D eigenvalue weighted by atomic mass is 35.5. The average molecular weight is 626 g/mol. The summed E-state index contributed by atoms with van der Waals surface area (Å²) in [4.78, 5) is 47.7. The smallest absolute Gasteiger partial charge is 0.352 e. The number of pyridine rings is 1. The number of rotatable bonds is 9. The van der Waals surface area contributed by atoms with Crippen LogP contribution < -0.4 is 9.88 Å². The molecule has 0 bridgehead atoms. The van der Waals surface area contributed by atoms with Gasteiger partial charge in [-0.25, -0.2) is 19.3 Å². The third-order valence-electron chi connectivity index (χ3n) is 5.76. The summed E-state index contributed by atoms with van der Waals surface area (Å²) in [5, 5.41) is 17.6. The lowest BCUT2D eigenvalue weighted by atomic mass is 10.0. The largest absolute Gasteiger partial charge is 0.477 e. The number of hydrogen-bond donors (Lipinski definition) is 2. The van der Waals surface area contributed by atoms with Crippen LogP contribution in [0, 0.1) is 0 Å². The number of carbonyl (C=O) groups is 3. The van der Waals surface area contributed by atoms with Crippen LogP contribution in [0.5, 0.6) is 0 Å². The number of nitrogens with zero attached hydrogens (tertiary/aromatic N) is 6. The Bertz CT molecular complexity index is 1530. The molecule has 16 heteroatoms. The van der Waals surface area contributed by atoms with E-state index in [2.05, 4.69) is 20.4 Å². The SMILES string of the molecule is C[n+]1cnn2c(SC/C=C/C3=C(C(=O)O)N4C(=O)[C@@H](NC(=O)CSc5cc(Cl)nc(Cl)c5)C4SC3)nccc21. The summed E-state index contributed by atoms with van der Waals surface area (Å²) in [6.45, 7) is 0. The van der Waals surface area contributed by atoms with E-state index in [1.165, 1.54) is 40.2 Å². The van der Waals surface area contributed by atoms with Crippen molar-refractivity contribution in [1.29, 1.82) is 0 Å². The quantitative estimate of drug-likeness (QED) is 0.120. The molecule has 0 spiro atoms. The number of β-lactam (4-membered cyclic amide) rings is 1. The number of aromatic nitrogens is 5. The molecule has 5 rings (SSSR count). The average Bonchev–Trinajstić information content (AvgIpc) is 3.28. The summed E-state index contributed by atoms with van der Waals surface area (Å²) < 4.78 is 3.61. The number of amides is 2. The van der Waals surface area contributed by atoms with Crippen molar-refractivity contribution in [3.05, 3.63) is 64.5 Å². The van der Waals surface area contributed by atoms with Crippen molar-refractivity contribution >= 4 is 81.9 Å². The van der Waals surface area contributed by atoms with Crippen LogP contribution >= 0.6 is 58.5 Å². The molecule has 202 valence electrons. The van der Waals surface area contributed by atoms with Gasteiger partial charge < -0.3 is 10.4 Å². The van der Waals surface area contributed by atoms with E-state index in [9.17, 15) is 19.5 Å². The van der Waals surface area contributed by atoms with Crippen molar-refractivity contribution in [2.75, 3.05) is 17.3 Å². The standard InChI is InChI=1S/C23H19Cl2N7O4S3/c1-30-11-27-32-17(30)4-5-26-23(32)37-6-2-3-12-9-39-21-18(20(34)31(21)19(12)22(35)36)29-16(33)10-38-13-7-14(24)28-15(25)8-13/h2-5,7-8,11,18,21H,6,9-10H2,1H3,(H-,29,33,35,36)/p+1/b3-2+/t18-,21?/m1/s1. The molecular weight excluding hydrogens is 605 g/mol. The molecule has 1 fully saturated rings. The third kappa shape index (κ3) is 5.89. The molecule has 2 aliphatic heterocycles. The van der Waals surface area contributed by atoms with E-state index in [4.69, 9.17) is 23.2 Å². The number of carbonyl (C=O) groups excluding carboxylic acids is 2. The summed E-state index contributed by atoms with van der Waals surface area (Å²) in [5.74, 6) is -1.07. The van der Waals surface area contributed by atoms with Gasteiger partial charge >= 0.3 is 5.97 Å². The molecule has 1 saturated heterocycles. The maximum atomic E-state index is 12.9. The zero-order chi connectivity index (χ0) is 27.7. The number of allylic oxidation sites excluding steroid dienone is 1. The van der Waals surface area contributed by atoms with Gasteiger partial charge in [-0.15, -0.1) is 23.5 Å². The van der Waals surface area contributed by atoms with Crippen molar-refractivity contribution in [1.82, 2.24) is 29.8 Å². The highest BCUT2D eigenvalue weighted by molar-refractivity contribution is 8.00. The van der Waals surface area contributed by atoms with E-state index in [1.54, 1.807) is 35.2 Å². The van der Waals surface area contributed by atoms with Gasteiger partial charge in [0.15, 0.2) is 0 Å². The number of fused-ring (bicyclic) bond motifs is 2. The van der Waals surface area contributed by atoms with Gasteiger partial charge in [0.05, 0.1) is 12.8 Å². The Morgan fingerprint density at radius 3 is 2.82 bits per heavy atom. The van der Waals surface area contributed by atoms with Crippen molar-refractivity contribution in [2.45, 2.75) is 21.5 Å². The van der Waals surface area contributed by atoms with Crippen molar-refractivity contribution in [3.63, 3.8) is 0 Å². The minimum Gasteiger partial charge on any atom is -0.477 e. The van der Waals surface area contributed by atoms with Gasteiger partial charge in [0, 0.05) is 33.8 Å². The Morgan fingerprint density at radius 2 is 2.08 bits per heavy atom. The van der Waals surface area contributed by atoms with Crippen molar-refractivity contribution < 1.29 is 24.1 Å². The maximum Gasteiger partial charge on any atom is 0.352 e. The molecule has 2 N–H and O–H groups in total. The predicted molar refractivity (Wildman–Crippen MR) is 149 cm³/mol. The molecular formula is C23H20Cl2N7O4S3+. The van der Waals surface area contributed by atoms with Crippen LogP contribution in [0.1, 0.15) is 0 Å². The molecule has 5 heterocycles. The molecule has 3 aromatic heterocycles. The van der Waals surface area contributed by atoms with E-state index in [1.807, 2.05) is 23.8 Å². The number of thioether (sulfide) groups is 3. The number of aryl methyl sites for hydroxylation is 1. The minimum absolute atomic E-state index is 0.0322. The molecule has 0 aromatic carbocycles. The fraction of sp³-hybridized carbons (Fsp3) is 0.261. The van der Waals surface area contributed by atoms with E-state index in [0.717, 1.165) is 5.65 Å². The fourth-order valence-corrected chi connectivity index (χ4v) is 7.45. The zero-order valence-corrected chi connectivity index (χ0v) is 24.1. The van der Waals surface area contributed by atoms with Gasteiger partial charge in [0.25, 0.3) is 23.0 Å². The maximum absolute atomic E-state index is 12.9. The summed E-state index contributed by atoms with van der Waals surface area (Å²) in [5.41, 5.74) is 1.36. The topological polar surface area (TPSA) is 134 Å². The summed E-state index contributed by atoms with van der Waals surface area (Å²) >= 11 is 15.8. The van der Waals surface area contributed by atoms with Crippen molar-refractivity contribution in [3.8, 4) is 0 Å². The molecule has 1 unspecified atom stereocenters. The van der Waals surface area contributed by atoms with Crippen LogP contribution in [0.4, 0.5) is 0 Å². The number of halogens is 2. The molecule has 11 nitrogen and oxygen atoms in total. The molecule has 0 radical (unpaired) electrons. The van der Waals surface area contributed by atoms with Gasteiger partial charge in [0.2, 0.25) is 5.91 Å². The first-order chi connectivity index (χ1) is 18.7. The lowest BCUT2D eigenvalue weighted by Gasteiger charge is -2.49. The van der Waals surface area contributed by atoms with Gasteiger partial charge in [-0.2, -0.15) is 0 Å². The first kappa shape index (κ1) is 27.8. The number of hydrogen-bond acceptors (Lipinski definition) is 9. The normalized spacial score (nSPS) is 18.9. The van der Waals surface area contributed by atoms with Crippen LogP contribution in [0.2, 0.25) is 10.3 Å². The second-order valence-corrected chi connectivity index (χ2v) is 12.2.